The Bertz CT molecular complexity index is 193. The Balaban J connectivity index is 4.84. The highest BCUT2D eigenvalue weighted by Gasteiger charge is 2.38. The standard InChI is InChI=1S/C14H29NO/c1-6-11-12-13(16)14(7-2,8-3)15(9-4)10-5/h6-12H2,1-5H3. The smallest absolute Gasteiger partial charge is 0.153 e. The molecule has 0 aromatic rings. The Hall–Kier alpha value is -0.370. The lowest BCUT2D eigenvalue weighted by atomic mass is 9.83. The second-order valence-corrected chi connectivity index (χ2v) is 4.44. The van der Waals surface area contributed by atoms with Gasteiger partial charge < -0.3 is 0 Å². The summed E-state index contributed by atoms with van der Waals surface area (Å²) in [5.41, 5.74) is -0.196. The zero-order chi connectivity index (χ0) is 12.6. The molecule has 0 aliphatic heterocycles. The monoisotopic (exact) mass is 227 g/mol. The van der Waals surface area contributed by atoms with Gasteiger partial charge >= 0.3 is 0 Å². The maximum Gasteiger partial charge on any atom is 0.153 e. The van der Waals surface area contributed by atoms with Crippen molar-refractivity contribution < 1.29 is 4.79 Å². The largest absolute Gasteiger partial charge is 0.298 e. The van der Waals surface area contributed by atoms with E-state index in [0.717, 1.165) is 45.2 Å². The summed E-state index contributed by atoms with van der Waals surface area (Å²) in [7, 11) is 0. The molecule has 0 saturated carbocycles. The van der Waals surface area contributed by atoms with E-state index in [1.807, 2.05) is 0 Å². The molecule has 0 rings (SSSR count). The Morgan fingerprint density at radius 2 is 1.50 bits per heavy atom. The number of ketones is 1. The number of nitrogens with zero attached hydrogens (tertiary/aromatic N) is 1. The third kappa shape index (κ3) is 3.31. The van der Waals surface area contributed by atoms with Crippen LogP contribution in [0.1, 0.15) is 66.7 Å². The highest BCUT2D eigenvalue weighted by atomic mass is 16.1. The Labute approximate surface area is 101 Å². The molecule has 96 valence electrons. The third-order valence-electron chi connectivity index (χ3n) is 3.81. The fourth-order valence-electron chi connectivity index (χ4n) is 2.67. The summed E-state index contributed by atoms with van der Waals surface area (Å²) in [5, 5.41) is 0. The fraction of sp³-hybridized carbons (Fsp3) is 0.929. The Morgan fingerprint density at radius 1 is 1.00 bits per heavy atom. The molecule has 0 unspecified atom stereocenters. The van der Waals surface area contributed by atoms with Crippen molar-refractivity contribution in [3.8, 4) is 0 Å². The van der Waals surface area contributed by atoms with Gasteiger partial charge in [0, 0.05) is 6.42 Å². The summed E-state index contributed by atoms with van der Waals surface area (Å²) in [6.07, 6.45) is 4.76. The summed E-state index contributed by atoms with van der Waals surface area (Å²) in [6, 6.07) is 0. The maximum atomic E-state index is 12.4. The van der Waals surface area contributed by atoms with Gasteiger partial charge in [0.15, 0.2) is 5.78 Å². The zero-order valence-electron chi connectivity index (χ0n) is 11.8. The highest BCUT2D eigenvalue weighted by molar-refractivity contribution is 5.88. The molecule has 0 amide bonds. The normalized spacial score (nSPS) is 12.1. The van der Waals surface area contributed by atoms with Crippen LogP contribution >= 0.6 is 0 Å². The number of hydrogen-bond acceptors (Lipinski definition) is 2. The summed E-state index contributed by atoms with van der Waals surface area (Å²) in [4.78, 5) is 14.7. The number of carbonyl (C=O) groups is 1. The topological polar surface area (TPSA) is 20.3 Å². The summed E-state index contributed by atoms with van der Waals surface area (Å²) >= 11 is 0. The minimum atomic E-state index is -0.196. The van der Waals surface area contributed by atoms with Crippen LogP contribution < -0.4 is 0 Å². The van der Waals surface area contributed by atoms with Gasteiger partial charge in [0.25, 0.3) is 0 Å². The van der Waals surface area contributed by atoms with Crippen molar-refractivity contribution in [2.75, 3.05) is 13.1 Å². The summed E-state index contributed by atoms with van der Waals surface area (Å²) in [5.74, 6) is 0.447. The Morgan fingerprint density at radius 3 is 1.81 bits per heavy atom. The third-order valence-corrected chi connectivity index (χ3v) is 3.81. The number of likely N-dealkylation sites (N-methyl/N-ethyl adjacent to an activating group) is 1. The van der Waals surface area contributed by atoms with Crippen LogP contribution in [0.15, 0.2) is 0 Å². The predicted octanol–water partition coefficient (Wildman–Crippen LogP) is 3.65. The molecular weight excluding hydrogens is 198 g/mol. The van der Waals surface area contributed by atoms with Crippen molar-refractivity contribution in [1.29, 1.82) is 0 Å². The van der Waals surface area contributed by atoms with Crippen molar-refractivity contribution in [2.45, 2.75) is 72.3 Å². The molecule has 16 heavy (non-hydrogen) atoms. The summed E-state index contributed by atoms with van der Waals surface area (Å²) < 4.78 is 0. The molecule has 2 nitrogen and oxygen atoms in total. The molecule has 0 aromatic heterocycles. The number of rotatable bonds is 9. The van der Waals surface area contributed by atoms with Crippen LogP contribution in [0.2, 0.25) is 0 Å². The molecule has 0 saturated heterocycles. The lowest BCUT2D eigenvalue weighted by Gasteiger charge is -2.41. The van der Waals surface area contributed by atoms with Gasteiger partial charge in [-0.25, -0.2) is 0 Å². The molecule has 0 aromatic carbocycles. The molecule has 0 N–H and O–H groups in total. The fourth-order valence-corrected chi connectivity index (χ4v) is 2.67. The predicted molar refractivity (Wildman–Crippen MR) is 70.8 cm³/mol. The van der Waals surface area contributed by atoms with Gasteiger partial charge in [0.05, 0.1) is 5.54 Å². The van der Waals surface area contributed by atoms with Crippen LogP contribution in [0.3, 0.4) is 0 Å². The summed E-state index contributed by atoms with van der Waals surface area (Å²) in [6.45, 7) is 12.7. The van der Waals surface area contributed by atoms with Crippen LogP contribution in [-0.2, 0) is 4.79 Å². The Kier molecular flexibility index (Phi) is 7.65. The van der Waals surface area contributed by atoms with E-state index in [9.17, 15) is 4.79 Å². The molecule has 0 radical (unpaired) electrons. The van der Waals surface area contributed by atoms with Crippen LogP contribution in [-0.4, -0.2) is 29.3 Å². The maximum absolute atomic E-state index is 12.4. The first-order valence-corrected chi connectivity index (χ1v) is 6.91. The van der Waals surface area contributed by atoms with E-state index in [2.05, 4.69) is 39.5 Å². The van der Waals surface area contributed by atoms with Crippen LogP contribution in [0, 0.1) is 0 Å². The lowest BCUT2D eigenvalue weighted by Crippen LogP contribution is -2.53. The minimum Gasteiger partial charge on any atom is -0.298 e. The van der Waals surface area contributed by atoms with Gasteiger partial charge in [-0.3, -0.25) is 9.69 Å². The lowest BCUT2D eigenvalue weighted by molar-refractivity contribution is -0.132. The molecule has 0 atom stereocenters. The minimum absolute atomic E-state index is 0.196. The SMILES string of the molecule is CCCCC(=O)C(CC)(CC)N(CC)CC. The molecule has 0 heterocycles. The molecular formula is C14H29NO. The van der Waals surface area contributed by atoms with Gasteiger partial charge in [0.2, 0.25) is 0 Å². The first kappa shape index (κ1) is 15.6. The number of Topliss-reactive ketones (excluding diaryl/α,β-unsaturated/α-hetero) is 1. The van der Waals surface area contributed by atoms with Gasteiger partial charge in [-0.1, -0.05) is 41.0 Å². The van der Waals surface area contributed by atoms with Gasteiger partial charge in [-0.15, -0.1) is 0 Å². The van der Waals surface area contributed by atoms with Gasteiger partial charge in [0.1, 0.15) is 0 Å². The van der Waals surface area contributed by atoms with E-state index in [1.54, 1.807) is 0 Å². The van der Waals surface area contributed by atoms with E-state index < -0.39 is 0 Å². The molecule has 0 bridgehead atoms. The second-order valence-electron chi connectivity index (χ2n) is 4.44. The molecule has 0 fully saturated rings. The van der Waals surface area contributed by atoms with Crippen LogP contribution in [0.4, 0.5) is 0 Å². The quantitative estimate of drug-likeness (QED) is 0.599. The van der Waals surface area contributed by atoms with Gasteiger partial charge in [-0.05, 0) is 32.4 Å². The van der Waals surface area contributed by atoms with Crippen molar-refractivity contribution in [2.24, 2.45) is 0 Å². The van der Waals surface area contributed by atoms with Crippen LogP contribution in [0.5, 0.6) is 0 Å². The molecule has 0 aliphatic rings. The van der Waals surface area contributed by atoms with E-state index in [-0.39, 0.29) is 5.54 Å². The van der Waals surface area contributed by atoms with E-state index in [1.165, 1.54) is 0 Å². The van der Waals surface area contributed by atoms with Crippen molar-refractivity contribution in [3.63, 3.8) is 0 Å². The highest BCUT2D eigenvalue weighted by Crippen LogP contribution is 2.27. The first-order valence-electron chi connectivity index (χ1n) is 6.91. The average Bonchev–Trinajstić information content (AvgIpc) is 2.33. The number of carbonyl (C=O) groups excluding carboxylic acids is 1. The van der Waals surface area contributed by atoms with Crippen molar-refractivity contribution in [1.82, 2.24) is 4.90 Å². The molecule has 2 heteroatoms. The van der Waals surface area contributed by atoms with E-state index >= 15 is 0 Å². The molecule has 0 aliphatic carbocycles. The zero-order valence-corrected chi connectivity index (χ0v) is 11.8. The molecule has 0 spiro atoms. The number of hydrogen-bond donors (Lipinski definition) is 0. The van der Waals surface area contributed by atoms with Crippen LogP contribution in [0.25, 0.3) is 0 Å². The van der Waals surface area contributed by atoms with Gasteiger partial charge in [-0.2, -0.15) is 0 Å². The van der Waals surface area contributed by atoms with E-state index in [0.29, 0.717) is 5.78 Å². The first-order chi connectivity index (χ1) is 7.62. The number of unbranched alkanes of at least 4 members (excludes halogenated alkanes) is 1. The second kappa shape index (κ2) is 7.83. The van der Waals surface area contributed by atoms with Crippen molar-refractivity contribution in [3.05, 3.63) is 0 Å². The average molecular weight is 227 g/mol. The van der Waals surface area contributed by atoms with E-state index in [4.69, 9.17) is 0 Å². The van der Waals surface area contributed by atoms with Crippen molar-refractivity contribution >= 4 is 5.78 Å².